The smallest absolute Gasteiger partial charge is 0.255 e. The van der Waals surface area contributed by atoms with E-state index in [-0.39, 0.29) is 11.5 Å². The average Bonchev–Trinajstić information content (AvgIpc) is 2.80. The van der Waals surface area contributed by atoms with Gasteiger partial charge in [-0.1, -0.05) is 6.07 Å². The third-order valence-corrected chi connectivity index (χ3v) is 4.15. The third kappa shape index (κ3) is 3.24. The molecule has 25 heavy (non-hydrogen) atoms. The van der Waals surface area contributed by atoms with Crippen molar-refractivity contribution in [3.63, 3.8) is 0 Å². The fraction of sp³-hybridized carbons (Fsp3) is 0.211. The fourth-order valence-corrected chi connectivity index (χ4v) is 2.96. The molecular formula is C19H20N4O2. The first kappa shape index (κ1) is 16.7. The normalized spacial score (nSPS) is 10.7. The van der Waals surface area contributed by atoms with Gasteiger partial charge in [0.2, 0.25) is 5.91 Å². The summed E-state index contributed by atoms with van der Waals surface area (Å²) in [4.78, 5) is 23.6. The largest absolute Gasteiger partial charge is 0.326 e. The number of nitrogens with zero attached hydrogens (tertiary/aromatic N) is 3. The van der Waals surface area contributed by atoms with Crippen molar-refractivity contribution in [1.29, 1.82) is 0 Å². The maximum absolute atomic E-state index is 12.4. The molecule has 1 N–H and O–H groups in total. The molecule has 1 aromatic carbocycles. The van der Waals surface area contributed by atoms with E-state index in [9.17, 15) is 9.59 Å². The number of benzene rings is 1. The van der Waals surface area contributed by atoms with Crippen LogP contribution in [0.15, 0.2) is 47.4 Å². The lowest BCUT2D eigenvalue weighted by atomic mass is 10.1. The lowest BCUT2D eigenvalue weighted by molar-refractivity contribution is -0.114. The number of hydrogen-bond donors (Lipinski definition) is 1. The maximum Gasteiger partial charge on any atom is 0.255 e. The first-order chi connectivity index (χ1) is 11.9. The van der Waals surface area contributed by atoms with Crippen LogP contribution in [0.25, 0.3) is 16.8 Å². The van der Waals surface area contributed by atoms with Crippen LogP contribution in [0, 0.1) is 13.8 Å². The van der Waals surface area contributed by atoms with Crippen LogP contribution in [-0.4, -0.2) is 20.3 Å². The van der Waals surface area contributed by atoms with Crippen LogP contribution >= 0.6 is 0 Å². The predicted molar refractivity (Wildman–Crippen MR) is 98.0 cm³/mol. The van der Waals surface area contributed by atoms with E-state index in [1.165, 1.54) is 6.92 Å². The molecular weight excluding hydrogens is 316 g/mol. The summed E-state index contributed by atoms with van der Waals surface area (Å²) in [6.45, 7) is 5.41. The lowest BCUT2D eigenvalue weighted by Gasteiger charge is -2.11. The Bertz CT molecular complexity index is 1010. The van der Waals surface area contributed by atoms with E-state index in [4.69, 9.17) is 0 Å². The van der Waals surface area contributed by atoms with Gasteiger partial charge in [-0.15, -0.1) is 0 Å². The van der Waals surface area contributed by atoms with Crippen molar-refractivity contribution in [3.05, 3.63) is 64.3 Å². The molecule has 2 aromatic heterocycles. The number of aryl methyl sites for hydroxylation is 2. The average molecular weight is 336 g/mol. The van der Waals surface area contributed by atoms with Crippen LogP contribution in [-0.2, 0) is 11.8 Å². The molecule has 0 saturated carbocycles. The Morgan fingerprint density at radius 1 is 1.16 bits per heavy atom. The number of carbonyl (C=O) groups excluding carboxylic acids is 1. The minimum absolute atomic E-state index is 0.136. The second-order valence-corrected chi connectivity index (χ2v) is 6.03. The summed E-state index contributed by atoms with van der Waals surface area (Å²) in [7, 11) is 1.90. The maximum atomic E-state index is 12.4. The lowest BCUT2D eigenvalue weighted by Crippen LogP contribution is -2.17. The number of amides is 1. The molecule has 0 aliphatic heterocycles. The quantitative estimate of drug-likeness (QED) is 0.799. The van der Waals surface area contributed by atoms with Gasteiger partial charge in [0.25, 0.3) is 5.56 Å². The van der Waals surface area contributed by atoms with Gasteiger partial charge in [-0.05, 0) is 38.1 Å². The number of aromatic nitrogens is 3. The molecule has 0 fully saturated rings. The summed E-state index contributed by atoms with van der Waals surface area (Å²) in [5.41, 5.74) is 5.10. The van der Waals surface area contributed by atoms with Crippen molar-refractivity contribution in [3.8, 4) is 16.8 Å². The van der Waals surface area contributed by atoms with Gasteiger partial charge in [-0.2, -0.15) is 5.10 Å². The van der Waals surface area contributed by atoms with Crippen LogP contribution < -0.4 is 10.9 Å². The number of hydrogen-bond acceptors (Lipinski definition) is 3. The fourth-order valence-electron chi connectivity index (χ4n) is 2.96. The Kier molecular flexibility index (Phi) is 4.27. The van der Waals surface area contributed by atoms with Gasteiger partial charge in [0.15, 0.2) is 0 Å². The molecule has 2 heterocycles. The minimum Gasteiger partial charge on any atom is -0.326 e. The van der Waals surface area contributed by atoms with Crippen LogP contribution in [0.1, 0.15) is 18.3 Å². The molecule has 128 valence electrons. The number of rotatable bonds is 3. The summed E-state index contributed by atoms with van der Waals surface area (Å²) < 4.78 is 3.41. The first-order valence-electron chi connectivity index (χ1n) is 7.98. The molecule has 6 heteroatoms. The minimum atomic E-state index is -0.153. The van der Waals surface area contributed by atoms with Gasteiger partial charge < -0.3 is 5.32 Å². The van der Waals surface area contributed by atoms with Gasteiger partial charge in [0, 0.05) is 48.7 Å². The highest BCUT2D eigenvalue weighted by molar-refractivity contribution is 5.88. The topological polar surface area (TPSA) is 68.9 Å². The van der Waals surface area contributed by atoms with E-state index >= 15 is 0 Å². The SMILES string of the molecule is CC(=O)Nc1cccc(-n2cc(-c3c(C)nn(C)c3C)ccc2=O)c1. The number of nitrogens with one attached hydrogen (secondary N) is 1. The van der Waals surface area contributed by atoms with Gasteiger partial charge in [0.1, 0.15) is 0 Å². The Balaban J connectivity index is 2.12. The molecule has 0 spiro atoms. The molecule has 1 amide bonds. The van der Waals surface area contributed by atoms with Gasteiger partial charge >= 0.3 is 0 Å². The third-order valence-electron chi connectivity index (χ3n) is 4.15. The summed E-state index contributed by atoms with van der Waals surface area (Å²) >= 11 is 0. The zero-order valence-electron chi connectivity index (χ0n) is 14.7. The molecule has 6 nitrogen and oxygen atoms in total. The zero-order chi connectivity index (χ0) is 18.1. The number of anilines is 1. The van der Waals surface area contributed by atoms with Crippen LogP contribution in [0.3, 0.4) is 0 Å². The Morgan fingerprint density at radius 3 is 2.56 bits per heavy atom. The van der Waals surface area contributed by atoms with E-state index in [1.807, 2.05) is 43.9 Å². The first-order valence-corrected chi connectivity index (χ1v) is 7.98. The van der Waals surface area contributed by atoms with E-state index in [0.717, 1.165) is 22.5 Å². The zero-order valence-corrected chi connectivity index (χ0v) is 14.7. The van der Waals surface area contributed by atoms with E-state index in [0.29, 0.717) is 11.4 Å². The van der Waals surface area contributed by atoms with Gasteiger partial charge in [-0.25, -0.2) is 0 Å². The molecule has 3 rings (SSSR count). The molecule has 0 radical (unpaired) electrons. The second-order valence-electron chi connectivity index (χ2n) is 6.03. The van der Waals surface area contributed by atoms with Crippen LogP contribution in [0.5, 0.6) is 0 Å². The van der Waals surface area contributed by atoms with Gasteiger partial charge in [-0.3, -0.25) is 18.8 Å². The summed E-state index contributed by atoms with van der Waals surface area (Å²) in [6.07, 6.45) is 1.81. The van der Waals surface area contributed by atoms with Crippen LogP contribution in [0.4, 0.5) is 5.69 Å². The Labute approximate surface area is 145 Å². The monoisotopic (exact) mass is 336 g/mol. The van der Waals surface area contributed by atoms with Crippen molar-refractivity contribution >= 4 is 11.6 Å². The Hall–Kier alpha value is -3.15. The summed E-state index contributed by atoms with van der Waals surface area (Å²) in [5.74, 6) is -0.153. The molecule has 0 unspecified atom stereocenters. The molecule has 0 saturated heterocycles. The van der Waals surface area contributed by atoms with E-state index < -0.39 is 0 Å². The highest BCUT2D eigenvalue weighted by Crippen LogP contribution is 2.26. The highest BCUT2D eigenvalue weighted by atomic mass is 16.1. The second kappa shape index (κ2) is 6.39. The molecule has 0 aliphatic carbocycles. The van der Waals surface area contributed by atoms with E-state index in [1.54, 1.807) is 28.8 Å². The van der Waals surface area contributed by atoms with Crippen molar-refractivity contribution in [2.75, 3.05) is 5.32 Å². The number of carbonyl (C=O) groups is 1. The molecule has 0 bridgehead atoms. The molecule has 0 atom stereocenters. The standard InChI is InChI=1S/C19H20N4O2/c1-12-19(13(2)22(4)21-12)15-8-9-18(25)23(11-15)17-7-5-6-16(10-17)20-14(3)24/h5-11H,1-4H3,(H,20,24). The van der Waals surface area contributed by atoms with E-state index in [2.05, 4.69) is 10.4 Å². The molecule has 0 aliphatic rings. The summed E-state index contributed by atoms with van der Waals surface area (Å²) in [6, 6.07) is 10.6. The number of pyridine rings is 1. The highest BCUT2D eigenvalue weighted by Gasteiger charge is 2.13. The van der Waals surface area contributed by atoms with Crippen molar-refractivity contribution < 1.29 is 4.79 Å². The molecule has 3 aromatic rings. The Morgan fingerprint density at radius 2 is 1.92 bits per heavy atom. The van der Waals surface area contributed by atoms with Crippen molar-refractivity contribution in [1.82, 2.24) is 14.3 Å². The van der Waals surface area contributed by atoms with Crippen LogP contribution in [0.2, 0.25) is 0 Å². The van der Waals surface area contributed by atoms with Gasteiger partial charge in [0.05, 0.1) is 11.4 Å². The van der Waals surface area contributed by atoms with Crippen molar-refractivity contribution in [2.45, 2.75) is 20.8 Å². The predicted octanol–water partition coefficient (Wildman–Crippen LogP) is 2.81. The summed E-state index contributed by atoms with van der Waals surface area (Å²) in [5, 5.41) is 7.18. The van der Waals surface area contributed by atoms with Crippen molar-refractivity contribution in [2.24, 2.45) is 7.05 Å².